The van der Waals surface area contributed by atoms with Crippen molar-refractivity contribution < 1.29 is 14.6 Å². The number of ether oxygens (including phenoxy) is 1. The minimum absolute atomic E-state index is 0.0421. The first kappa shape index (κ1) is 17.8. The maximum absolute atomic E-state index is 12.3. The topological polar surface area (TPSA) is 58.6 Å². The Hall–Kier alpha value is -1.97. The highest BCUT2D eigenvalue weighted by Crippen LogP contribution is 2.33. The lowest BCUT2D eigenvalue weighted by Crippen LogP contribution is -2.38. The standard InChI is InChI=1S/C21H29NO3/c1-25-20-13-17(9-12-19(20)23)14-21(24)22-18-10-7-16(8-11-18)4-2-3-15-5-6-15/h2,4,9,12-13,15-16,18,23H,3,5-8,10-11,14H2,1H3,(H,22,24)/b4-2+/t16-,18-. The van der Waals surface area contributed by atoms with Crippen LogP contribution in [0.2, 0.25) is 0 Å². The first-order valence-electron chi connectivity index (χ1n) is 9.46. The van der Waals surface area contributed by atoms with Crippen LogP contribution in [0.5, 0.6) is 11.5 Å². The third kappa shape index (κ3) is 5.52. The molecule has 0 aliphatic heterocycles. The van der Waals surface area contributed by atoms with Crippen LogP contribution in [0.15, 0.2) is 30.4 Å². The maximum Gasteiger partial charge on any atom is 0.224 e. The largest absolute Gasteiger partial charge is 0.504 e. The number of amides is 1. The molecule has 2 saturated carbocycles. The highest BCUT2D eigenvalue weighted by atomic mass is 16.5. The molecule has 25 heavy (non-hydrogen) atoms. The number of hydrogen-bond acceptors (Lipinski definition) is 3. The summed E-state index contributed by atoms with van der Waals surface area (Å²) >= 11 is 0. The summed E-state index contributed by atoms with van der Waals surface area (Å²) in [6.45, 7) is 0. The Morgan fingerprint density at radius 2 is 2.00 bits per heavy atom. The Labute approximate surface area is 150 Å². The number of phenols is 1. The number of carbonyl (C=O) groups is 1. The number of rotatable bonds is 7. The van der Waals surface area contributed by atoms with Gasteiger partial charge in [0.2, 0.25) is 5.91 Å². The number of methoxy groups -OCH3 is 1. The van der Waals surface area contributed by atoms with Crippen LogP contribution >= 0.6 is 0 Å². The molecule has 3 rings (SSSR count). The van der Waals surface area contributed by atoms with Crippen LogP contribution < -0.4 is 10.1 Å². The first-order chi connectivity index (χ1) is 12.1. The number of aromatic hydroxyl groups is 1. The van der Waals surface area contributed by atoms with Crippen LogP contribution in [0.1, 0.15) is 50.5 Å². The summed E-state index contributed by atoms with van der Waals surface area (Å²) in [4.78, 5) is 12.3. The summed E-state index contributed by atoms with van der Waals surface area (Å²) in [7, 11) is 1.51. The van der Waals surface area contributed by atoms with Gasteiger partial charge in [0.15, 0.2) is 11.5 Å². The van der Waals surface area contributed by atoms with E-state index in [1.165, 1.54) is 39.2 Å². The van der Waals surface area contributed by atoms with Crippen LogP contribution in [0.25, 0.3) is 0 Å². The van der Waals surface area contributed by atoms with Gasteiger partial charge in [-0.05, 0) is 74.5 Å². The first-order valence-corrected chi connectivity index (χ1v) is 9.46. The smallest absolute Gasteiger partial charge is 0.224 e. The van der Waals surface area contributed by atoms with Crippen molar-refractivity contribution in [1.29, 1.82) is 0 Å². The SMILES string of the molecule is COc1cc(CC(=O)N[C@H]2CC[C@H](/C=C/CC3CC3)CC2)ccc1O. The lowest BCUT2D eigenvalue weighted by Gasteiger charge is -2.27. The lowest BCUT2D eigenvalue weighted by molar-refractivity contribution is -0.121. The average Bonchev–Trinajstić information content (AvgIpc) is 3.42. The normalized spacial score (nSPS) is 23.6. The summed E-state index contributed by atoms with van der Waals surface area (Å²) in [5.41, 5.74) is 0.851. The molecular weight excluding hydrogens is 314 g/mol. The maximum atomic E-state index is 12.3. The molecule has 0 bridgehead atoms. The van der Waals surface area contributed by atoms with Gasteiger partial charge in [-0.25, -0.2) is 0 Å². The van der Waals surface area contributed by atoms with Crippen LogP contribution in [0.3, 0.4) is 0 Å². The van der Waals surface area contributed by atoms with E-state index < -0.39 is 0 Å². The van der Waals surface area contributed by atoms with Crippen molar-refractivity contribution in [1.82, 2.24) is 5.32 Å². The fraction of sp³-hybridized carbons (Fsp3) is 0.571. The molecule has 4 heteroatoms. The van der Waals surface area contributed by atoms with Crippen molar-refractivity contribution in [2.75, 3.05) is 7.11 Å². The fourth-order valence-corrected chi connectivity index (χ4v) is 3.57. The van der Waals surface area contributed by atoms with Crippen molar-refractivity contribution in [2.45, 2.75) is 57.4 Å². The number of nitrogens with one attached hydrogen (secondary N) is 1. The van der Waals surface area contributed by atoms with E-state index in [0.717, 1.165) is 24.3 Å². The minimum Gasteiger partial charge on any atom is -0.504 e. The molecule has 0 saturated heterocycles. The Morgan fingerprint density at radius 1 is 1.24 bits per heavy atom. The summed E-state index contributed by atoms with van der Waals surface area (Å²) < 4.78 is 5.09. The Bertz CT molecular complexity index is 614. The van der Waals surface area contributed by atoms with Gasteiger partial charge < -0.3 is 15.2 Å². The van der Waals surface area contributed by atoms with Crippen molar-refractivity contribution in [3.63, 3.8) is 0 Å². The molecule has 0 atom stereocenters. The molecule has 4 nitrogen and oxygen atoms in total. The molecule has 1 aromatic rings. The minimum atomic E-state index is 0.0421. The predicted octanol–water partition coefficient (Wildman–Crippen LogP) is 3.97. The second kappa shape index (κ2) is 8.41. The Balaban J connectivity index is 1.40. The molecule has 2 fully saturated rings. The highest BCUT2D eigenvalue weighted by Gasteiger charge is 2.22. The second-order valence-corrected chi connectivity index (χ2v) is 7.47. The monoisotopic (exact) mass is 343 g/mol. The van der Waals surface area contributed by atoms with Gasteiger partial charge in [0.25, 0.3) is 0 Å². The number of allylic oxidation sites excluding steroid dienone is 2. The molecule has 0 spiro atoms. The summed E-state index contributed by atoms with van der Waals surface area (Å²) in [6.07, 6.45) is 13.6. The van der Waals surface area contributed by atoms with E-state index in [2.05, 4.69) is 17.5 Å². The lowest BCUT2D eigenvalue weighted by atomic mass is 9.85. The fourth-order valence-electron chi connectivity index (χ4n) is 3.57. The van der Waals surface area contributed by atoms with Gasteiger partial charge in [-0.2, -0.15) is 0 Å². The zero-order chi connectivity index (χ0) is 17.6. The van der Waals surface area contributed by atoms with Crippen LogP contribution in [0.4, 0.5) is 0 Å². The van der Waals surface area contributed by atoms with Gasteiger partial charge in [-0.1, -0.05) is 18.2 Å². The van der Waals surface area contributed by atoms with E-state index in [0.29, 0.717) is 24.1 Å². The van der Waals surface area contributed by atoms with Gasteiger partial charge in [-0.3, -0.25) is 4.79 Å². The van der Waals surface area contributed by atoms with Crippen molar-refractivity contribution in [3.05, 3.63) is 35.9 Å². The van der Waals surface area contributed by atoms with Crippen LogP contribution in [-0.4, -0.2) is 24.2 Å². The third-order valence-corrected chi connectivity index (χ3v) is 5.32. The van der Waals surface area contributed by atoms with Crippen LogP contribution in [0, 0.1) is 11.8 Å². The molecule has 0 unspecified atom stereocenters. The van der Waals surface area contributed by atoms with E-state index in [1.807, 2.05) is 0 Å². The third-order valence-electron chi connectivity index (χ3n) is 5.32. The zero-order valence-electron chi connectivity index (χ0n) is 15.0. The van der Waals surface area contributed by atoms with E-state index in [-0.39, 0.29) is 11.7 Å². The molecule has 1 aromatic carbocycles. The van der Waals surface area contributed by atoms with Gasteiger partial charge in [0, 0.05) is 6.04 Å². The molecule has 2 aliphatic rings. The number of carbonyl (C=O) groups excluding carboxylic acids is 1. The quantitative estimate of drug-likeness (QED) is 0.736. The summed E-state index contributed by atoms with van der Waals surface area (Å²) in [5.74, 6) is 2.20. The molecule has 1 amide bonds. The Morgan fingerprint density at radius 3 is 2.68 bits per heavy atom. The van der Waals surface area contributed by atoms with Gasteiger partial charge in [-0.15, -0.1) is 0 Å². The molecular formula is C21H29NO3. The van der Waals surface area contributed by atoms with Gasteiger partial charge in [0.1, 0.15) is 0 Å². The molecule has 2 N–H and O–H groups in total. The average molecular weight is 343 g/mol. The predicted molar refractivity (Wildman–Crippen MR) is 98.7 cm³/mol. The molecule has 0 aromatic heterocycles. The Kier molecular flexibility index (Phi) is 6.00. The number of hydrogen-bond donors (Lipinski definition) is 2. The zero-order valence-corrected chi connectivity index (χ0v) is 15.0. The van der Waals surface area contributed by atoms with E-state index >= 15 is 0 Å². The molecule has 136 valence electrons. The van der Waals surface area contributed by atoms with Gasteiger partial charge >= 0.3 is 0 Å². The van der Waals surface area contributed by atoms with Crippen LogP contribution in [-0.2, 0) is 11.2 Å². The number of benzene rings is 1. The van der Waals surface area contributed by atoms with E-state index in [4.69, 9.17) is 4.74 Å². The number of phenolic OH excluding ortho intramolecular Hbond substituents is 1. The second-order valence-electron chi connectivity index (χ2n) is 7.47. The van der Waals surface area contributed by atoms with E-state index in [1.54, 1.807) is 18.2 Å². The van der Waals surface area contributed by atoms with Crippen molar-refractivity contribution >= 4 is 5.91 Å². The van der Waals surface area contributed by atoms with Crippen molar-refractivity contribution in [3.8, 4) is 11.5 Å². The molecule has 0 radical (unpaired) electrons. The van der Waals surface area contributed by atoms with E-state index in [9.17, 15) is 9.90 Å². The summed E-state index contributed by atoms with van der Waals surface area (Å²) in [5, 5.41) is 12.8. The molecule has 2 aliphatic carbocycles. The molecule has 0 heterocycles. The summed E-state index contributed by atoms with van der Waals surface area (Å²) in [6, 6.07) is 5.34. The van der Waals surface area contributed by atoms with Crippen molar-refractivity contribution in [2.24, 2.45) is 11.8 Å². The highest BCUT2D eigenvalue weighted by molar-refractivity contribution is 5.79. The van der Waals surface area contributed by atoms with Gasteiger partial charge in [0.05, 0.1) is 13.5 Å².